The zero-order valence-corrected chi connectivity index (χ0v) is 14.8. The largest absolute Gasteiger partial charge is 0.496 e. The summed E-state index contributed by atoms with van der Waals surface area (Å²) in [6.07, 6.45) is 3.12. The van der Waals surface area contributed by atoms with Gasteiger partial charge in [0.05, 0.1) is 25.2 Å². The molecule has 0 bridgehead atoms. The second-order valence-corrected chi connectivity index (χ2v) is 6.29. The Morgan fingerprint density at radius 3 is 2.58 bits per heavy atom. The van der Waals surface area contributed by atoms with Crippen molar-refractivity contribution in [1.82, 2.24) is 19.8 Å². The van der Waals surface area contributed by atoms with Crippen molar-refractivity contribution < 1.29 is 19.0 Å². The Bertz CT molecular complexity index is 834. The second-order valence-electron chi connectivity index (χ2n) is 6.29. The van der Waals surface area contributed by atoms with Crippen LogP contribution in [0.1, 0.15) is 10.5 Å². The molecule has 0 atom stereocenters. The molecule has 2 aliphatic heterocycles. The topological polar surface area (TPSA) is 77.0 Å². The van der Waals surface area contributed by atoms with E-state index < -0.39 is 0 Å². The van der Waals surface area contributed by atoms with E-state index in [0.717, 1.165) is 13.1 Å². The van der Waals surface area contributed by atoms with Gasteiger partial charge in [-0.15, -0.1) is 0 Å². The molecule has 0 radical (unpaired) electrons. The van der Waals surface area contributed by atoms with Crippen LogP contribution in [0.4, 0.5) is 0 Å². The van der Waals surface area contributed by atoms with Crippen molar-refractivity contribution in [3.63, 3.8) is 0 Å². The Morgan fingerprint density at radius 1 is 1.12 bits per heavy atom. The number of amides is 1. The van der Waals surface area contributed by atoms with Crippen LogP contribution in [0.15, 0.2) is 24.5 Å². The number of benzene rings is 1. The third-order valence-corrected chi connectivity index (χ3v) is 4.61. The highest BCUT2D eigenvalue weighted by Crippen LogP contribution is 2.41. The molecular weight excluding hydrogens is 336 g/mol. The zero-order chi connectivity index (χ0) is 18.1. The molecule has 136 valence electrons. The summed E-state index contributed by atoms with van der Waals surface area (Å²) < 4.78 is 16.3. The van der Waals surface area contributed by atoms with E-state index in [2.05, 4.69) is 14.9 Å². The van der Waals surface area contributed by atoms with Gasteiger partial charge in [0, 0.05) is 37.8 Å². The van der Waals surface area contributed by atoms with Gasteiger partial charge >= 0.3 is 0 Å². The van der Waals surface area contributed by atoms with Crippen LogP contribution in [-0.4, -0.2) is 72.8 Å². The summed E-state index contributed by atoms with van der Waals surface area (Å²) in [7, 11) is 3.63. The minimum atomic E-state index is -0.104. The molecule has 1 aromatic carbocycles. The molecule has 0 spiro atoms. The molecule has 26 heavy (non-hydrogen) atoms. The molecule has 8 nitrogen and oxygen atoms in total. The summed E-state index contributed by atoms with van der Waals surface area (Å²) in [5.74, 6) is 1.74. The van der Waals surface area contributed by atoms with E-state index in [1.165, 1.54) is 6.20 Å². The predicted molar refractivity (Wildman–Crippen MR) is 93.5 cm³/mol. The van der Waals surface area contributed by atoms with Crippen LogP contribution in [0.25, 0.3) is 11.3 Å². The number of piperazine rings is 1. The Balaban J connectivity index is 1.65. The Hall–Kier alpha value is -2.87. The van der Waals surface area contributed by atoms with Gasteiger partial charge in [-0.05, 0) is 13.1 Å². The summed E-state index contributed by atoms with van der Waals surface area (Å²) in [6, 6.07) is 3.56. The molecular formula is C18H20N4O4. The number of carbonyl (C=O) groups excluding carboxylic acids is 1. The van der Waals surface area contributed by atoms with Gasteiger partial charge in [-0.25, -0.2) is 4.98 Å². The van der Waals surface area contributed by atoms with Crippen molar-refractivity contribution in [3.8, 4) is 28.5 Å². The predicted octanol–water partition coefficient (Wildman–Crippen LogP) is 1.27. The van der Waals surface area contributed by atoms with Crippen molar-refractivity contribution in [2.24, 2.45) is 0 Å². The highest BCUT2D eigenvalue weighted by molar-refractivity contribution is 5.92. The molecule has 0 unspecified atom stereocenters. The lowest BCUT2D eigenvalue weighted by atomic mass is 10.1. The van der Waals surface area contributed by atoms with Gasteiger partial charge in [-0.2, -0.15) is 0 Å². The van der Waals surface area contributed by atoms with Gasteiger partial charge in [0.15, 0.2) is 11.5 Å². The average molecular weight is 356 g/mol. The minimum Gasteiger partial charge on any atom is -0.496 e. The number of methoxy groups -OCH3 is 1. The van der Waals surface area contributed by atoms with Gasteiger partial charge in [0.2, 0.25) is 6.79 Å². The minimum absolute atomic E-state index is 0.104. The van der Waals surface area contributed by atoms with Crippen LogP contribution >= 0.6 is 0 Å². The lowest BCUT2D eigenvalue weighted by Crippen LogP contribution is -2.47. The van der Waals surface area contributed by atoms with Crippen LogP contribution in [0.5, 0.6) is 17.2 Å². The average Bonchev–Trinajstić information content (AvgIpc) is 3.14. The normalized spacial score (nSPS) is 16.6. The molecule has 1 fully saturated rings. The van der Waals surface area contributed by atoms with E-state index in [4.69, 9.17) is 14.2 Å². The molecule has 1 aromatic heterocycles. The van der Waals surface area contributed by atoms with E-state index in [0.29, 0.717) is 47.3 Å². The summed E-state index contributed by atoms with van der Waals surface area (Å²) in [5.41, 5.74) is 1.59. The summed E-state index contributed by atoms with van der Waals surface area (Å²) in [6.45, 7) is 3.27. The Labute approximate surface area is 151 Å². The molecule has 8 heteroatoms. The van der Waals surface area contributed by atoms with Crippen molar-refractivity contribution in [3.05, 3.63) is 30.2 Å². The standard InChI is InChI=1S/C18H20N4O4/c1-21-3-5-22(6-4-21)18(23)14-10-19-9-13(20-14)12-7-16-17(26-11-25-16)8-15(12)24-2/h7-10H,3-6,11H2,1-2H3. The van der Waals surface area contributed by atoms with E-state index in [1.54, 1.807) is 25.4 Å². The van der Waals surface area contributed by atoms with Gasteiger partial charge in [0.1, 0.15) is 11.4 Å². The highest BCUT2D eigenvalue weighted by atomic mass is 16.7. The number of nitrogens with zero attached hydrogens (tertiary/aromatic N) is 4. The first kappa shape index (κ1) is 16.6. The second kappa shape index (κ2) is 6.80. The number of aromatic nitrogens is 2. The maximum absolute atomic E-state index is 12.8. The maximum Gasteiger partial charge on any atom is 0.274 e. The molecule has 3 heterocycles. The van der Waals surface area contributed by atoms with Gasteiger partial charge in [-0.1, -0.05) is 0 Å². The fourth-order valence-electron chi connectivity index (χ4n) is 3.06. The first-order valence-electron chi connectivity index (χ1n) is 8.43. The third kappa shape index (κ3) is 3.03. The number of likely N-dealkylation sites (N-methyl/N-ethyl adjacent to an activating group) is 1. The van der Waals surface area contributed by atoms with Gasteiger partial charge < -0.3 is 24.0 Å². The monoisotopic (exact) mass is 356 g/mol. The lowest BCUT2D eigenvalue weighted by molar-refractivity contribution is 0.0658. The number of hydrogen-bond donors (Lipinski definition) is 0. The molecule has 0 aliphatic carbocycles. The van der Waals surface area contributed by atoms with E-state index in [1.807, 2.05) is 11.9 Å². The van der Waals surface area contributed by atoms with Gasteiger partial charge in [-0.3, -0.25) is 9.78 Å². The molecule has 0 N–H and O–H groups in total. The lowest BCUT2D eigenvalue weighted by Gasteiger charge is -2.32. The number of carbonyl (C=O) groups is 1. The quantitative estimate of drug-likeness (QED) is 0.819. The molecule has 4 rings (SSSR count). The number of fused-ring (bicyclic) bond motifs is 1. The van der Waals surface area contributed by atoms with Crippen LogP contribution in [-0.2, 0) is 0 Å². The van der Waals surface area contributed by atoms with Crippen molar-refractivity contribution in [2.75, 3.05) is 47.1 Å². The first-order chi connectivity index (χ1) is 12.7. The molecule has 1 amide bonds. The van der Waals surface area contributed by atoms with Crippen LogP contribution in [0.2, 0.25) is 0 Å². The number of ether oxygens (including phenoxy) is 3. The van der Waals surface area contributed by atoms with Gasteiger partial charge in [0.25, 0.3) is 5.91 Å². The van der Waals surface area contributed by atoms with Crippen molar-refractivity contribution in [1.29, 1.82) is 0 Å². The third-order valence-electron chi connectivity index (χ3n) is 4.61. The fraction of sp³-hybridized carbons (Fsp3) is 0.389. The van der Waals surface area contributed by atoms with E-state index >= 15 is 0 Å². The SMILES string of the molecule is COc1cc2c(cc1-c1cncc(C(=O)N3CCN(C)CC3)n1)OCO2. The summed E-state index contributed by atoms with van der Waals surface area (Å²) >= 11 is 0. The fourth-order valence-corrected chi connectivity index (χ4v) is 3.06. The maximum atomic E-state index is 12.8. The molecule has 2 aliphatic rings. The highest BCUT2D eigenvalue weighted by Gasteiger charge is 2.23. The van der Waals surface area contributed by atoms with Crippen molar-refractivity contribution >= 4 is 5.91 Å². The van der Waals surface area contributed by atoms with Crippen LogP contribution in [0, 0.1) is 0 Å². The van der Waals surface area contributed by atoms with Crippen LogP contribution < -0.4 is 14.2 Å². The molecule has 0 saturated carbocycles. The van der Waals surface area contributed by atoms with Crippen molar-refractivity contribution in [2.45, 2.75) is 0 Å². The smallest absolute Gasteiger partial charge is 0.274 e. The first-order valence-corrected chi connectivity index (χ1v) is 8.43. The van der Waals surface area contributed by atoms with E-state index in [-0.39, 0.29) is 12.7 Å². The number of hydrogen-bond acceptors (Lipinski definition) is 7. The zero-order valence-electron chi connectivity index (χ0n) is 14.8. The summed E-state index contributed by atoms with van der Waals surface area (Å²) in [4.78, 5) is 25.5. The summed E-state index contributed by atoms with van der Waals surface area (Å²) in [5, 5.41) is 0. The Morgan fingerprint density at radius 2 is 1.85 bits per heavy atom. The molecule has 2 aromatic rings. The molecule has 1 saturated heterocycles. The van der Waals surface area contributed by atoms with E-state index in [9.17, 15) is 4.79 Å². The Kier molecular flexibility index (Phi) is 4.34. The van der Waals surface area contributed by atoms with Crippen LogP contribution in [0.3, 0.4) is 0 Å². The number of rotatable bonds is 3.